The molecule has 1 heterocycles. The fourth-order valence-electron chi connectivity index (χ4n) is 2.95. The molecule has 0 spiro atoms. The maximum atomic E-state index is 12.3. The van der Waals surface area contributed by atoms with Crippen LogP contribution in [0.4, 0.5) is 0 Å². The van der Waals surface area contributed by atoms with Gasteiger partial charge in [0, 0.05) is 13.6 Å². The summed E-state index contributed by atoms with van der Waals surface area (Å²) >= 11 is 0. The first-order valence-corrected chi connectivity index (χ1v) is 7.94. The lowest BCUT2D eigenvalue weighted by Gasteiger charge is -2.09. The predicted octanol–water partition coefficient (Wildman–Crippen LogP) is 2.27. The number of fused-ring (bicyclic) bond motifs is 1. The molecule has 0 saturated carbocycles. The molecule has 0 aliphatic carbocycles. The highest BCUT2D eigenvalue weighted by atomic mass is 16.2. The number of aromatic nitrogens is 2. The number of amides is 1. The summed E-state index contributed by atoms with van der Waals surface area (Å²) in [6.07, 6.45) is 0. The third-order valence-corrected chi connectivity index (χ3v) is 4.33. The van der Waals surface area contributed by atoms with Crippen LogP contribution in [0.25, 0.3) is 11.0 Å². The van der Waals surface area contributed by atoms with Crippen molar-refractivity contribution in [1.82, 2.24) is 14.5 Å². The third-order valence-electron chi connectivity index (χ3n) is 4.33. The van der Waals surface area contributed by atoms with E-state index in [2.05, 4.69) is 11.4 Å². The van der Waals surface area contributed by atoms with Gasteiger partial charge in [-0.3, -0.25) is 13.9 Å². The van der Waals surface area contributed by atoms with E-state index >= 15 is 0 Å². The molecule has 5 heteroatoms. The van der Waals surface area contributed by atoms with Gasteiger partial charge in [-0.05, 0) is 37.1 Å². The second kappa shape index (κ2) is 6.35. The Bertz CT molecular complexity index is 966. The van der Waals surface area contributed by atoms with Gasteiger partial charge in [0.15, 0.2) is 0 Å². The zero-order valence-corrected chi connectivity index (χ0v) is 14.2. The van der Waals surface area contributed by atoms with Crippen LogP contribution in [0, 0.1) is 13.8 Å². The smallest absolute Gasteiger partial charge is 0.329 e. The molecular weight excluding hydrogens is 302 g/mol. The van der Waals surface area contributed by atoms with E-state index in [1.165, 1.54) is 10.1 Å². The topological polar surface area (TPSA) is 56.0 Å². The van der Waals surface area contributed by atoms with Gasteiger partial charge in [0.05, 0.1) is 11.0 Å². The van der Waals surface area contributed by atoms with Crippen LogP contribution in [0.1, 0.15) is 16.7 Å². The molecule has 3 aromatic rings. The van der Waals surface area contributed by atoms with E-state index in [0.29, 0.717) is 6.54 Å². The number of para-hydroxylation sites is 2. The van der Waals surface area contributed by atoms with E-state index in [-0.39, 0.29) is 18.1 Å². The van der Waals surface area contributed by atoms with Gasteiger partial charge >= 0.3 is 5.69 Å². The number of hydrogen-bond acceptors (Lipinski definition) is 2. The number of nitrogens with one attached hydrogen (secondary N) is 1. The van der Waals surface area contributed by atoms with Gasteiger partial charge in [0.1, 0.15) is 6.54 Å². The second-order valence-electron chi connectivity index (χ2n) is 6.12. The van der Waals surface area contributed by atoms with Crippen molar-refractivity contribution in [2.45, 2.75) is 26.9 Å². The van der Waals surface area contributed by atoms with Gasteiger partial charge in [-0.25, -0.2) is 4.79 Å². The molecule has 0 saturated heterocycles. The lowest BCUT2D eigenvalue weighted by atomic mass is 10.1. The fraction of sp³-hybridized carbons (Fsp3) is 0.263. The molecule has 1 aromatic heterocycles. The van der Waals surface area contributed by atoms with Crippen molar-refractivity contribution in [2.75, 3.05) is 0 Å². The number of rotatable bonds is 4. The molecule has 0 unspecified atom stereocenters. The monoisotopic (exact) mass is 323 g/mol. The van der Waals surface area contributed by atoms with Gasteiger partial charge < -0.3 is 5.32 Å². The first kappa shape index (κ1) is 16.1. The normalized spacial score (nSPS) is 11.0. The summed E-state index contributed by atoms with van der Waals surface area (Å²) in [5.74, 6) is -0.173. The summed E-state index contributed by atoms with van der Waals surface area (Å²) in [7, 11) is 1.72. The molecule has 0 radical (unpaired) electrons. The quantitative estimate of drug-likeness (QED) is 0.801. The zero-order chi connectivity index (χ0) is 17.3. The number of benzene rings is 2. The minimum Gasteiger partial charge on any atom is -0.350 e. The Labute approximate surface area is 140 Å². The standard InChI is InChI=1S/C19H21N3O2/c1-13-8-9-15(14(2)10-13)11-20-18(23)12-22-17-7-5-4-6-16(17)21(3)19(22)24/h4-10H,11-12H2,1-3H3,(H,20,23). The van der Waals surface area contributed by atoms with Gasteiger partial charge in [-0.1, -0.05) is 35.9 Å². The third kappa shape index (κ3) is 2.97. The summed E-state index contributed by atoms with van der Waals surface area (Å²) < 4.78 is 3.07. The molecule has 0 atom stereocenters. The average molecular weight is 323 g/mol. The molecule has 124 valence electrons. The summed E-state index contributed by atoms with van der Waals surface area (Å²) in [5.41, 5.74) is 4.84. The predicted molar refractivity (Wildman–Crippen MR) is 94.9 cm³/mol. The lowest BCUT2D eigenvalue weighted by Crippen LogP contribution is -2.32. The highest BCUT2D eigenvalue weighted by Crippen LogP contribution is 2.12. The SMILES string of the molecule is Cc1ccc(CNC(=O)Cn2c(=O)n(C)c3ccccc32)c(C)c1. The van der Waals surface area contributed by atoms with Crippen molar-refractivity contribution in [2.24, 2.45) is 7.05 Å². The Hall–Kier alpha value is -2.82. The average Bonchev–Trinajstić information content (AvgIpc) is 2.79. The Kier molecular flexibility index (Phi) is 4.25. The molecule has 0 aliphatic heterocycles. The van der Waals surface area contributed by atoms with Gasteiger partial charge in [-0.15, -0.1) is 0 Å². The van der Waals surface area contributed by atoms with Crippen molar-refractivity contribution >= 4 is 16.9 Å². The van der Waals surface area contributed by atoms with E-state index in [4.69, 9.17) is 0 Å². The molecule has 0 bridgehead atoms. The van der Waals surface area contributed by atoms with Crippen LogP contribution in [0.5, 0.6) is 0 Å². The van der Waals surface area contributed by atoms with E-state index < -0.39 is 0 Å². The van der Waals surface area contributed by atoms with Crippen molar-refractivity contribution in [3.05, 3.63) is 69.6 Å². The molecule has 0 fully saturated rings. The molecule has 5 nitrogen and oxygen atoms in total. The van der Waals surface area contributed by atoms with Crippen molar-refractivity contribution in [1.29, 1.82) is 0 Å². The van der Waals surface area contributed by atoms with Crippen LogP contribution < -0.4 is 11.0 Å². The number of aryl methyl sites for hydroxylation is 3. The van der Waals surface area contributed by atoms with E-state index in [1.54, 1.807) is 11.6 Å². The van der Waals surface area contributed by atoms with E-state index in [0.717, 1.165) is 22.2 Å². The molecule has 1 amide bonds. The summed E-state index contributed by atoms with van der Waals surface area (Å²) in [4.78, 5) is 24.6. The lowest BCUT2D eigenvalue weighted by molar-refractivity contribution is -0.121. The van der Waals surface area contributed by atoms with E-state index in [9.17, 15) is 9.59 Å². The van der Waals surface area contributed by atoms with Crippen LogP contribution in [-0.2, 0) is 24.9 Å². The van der Waals surface area contributed by atoms with Crippen molar-refractivity contribution in [3.63, 3.8) is 0 Å². The maximum absolute atomic E-state index is 12.3. The van der Waals surface area contributed by atoms with E-state index in [1.807, 2.05) is 50.2 Å². The Morgan fingerprint density at radius 3 is 2.50 bits per heavy atom. The van der Waals surface area contributed by atoms with Crippen molar-refractivity contribution < 1.29 is 4.79 Å². The van der Waals surface area contributed by atoms with Crippen LogP contribution in [0.2, 0.25) is 0 Å². The molecule has 2 aromatic carbocycles. The molecule has 24 heavy (non-hydrogen) atoms. The molecular formula is C19H21N3O2. The number of nitrogens with zero attached hydrogens (tertiary/aromatic N) is 2. The number of imidazole rings is 1. The second-order valence-corrected chi connectivity index (χ2v) is 6.12. The first-order chi connectivity index (χ1) is 11.5. The Morgan fingerprint density at radius 1 is 1.08 bits per heavy atom. The van der Waals surface area contributed by atoms with Gasteiger partial charge in [-0.2, -0.15) is 0 Å². The summed E-state index contributed by atoms with van der Waals surface area (Å²) in [5, 5.41) is 2.90. The zero-order valence-electron chi connectivity index (χ0n) is 14.2. The summed E-state index contributed by atoms with van der Waals surface area (Å²) in [6, 6.07) is 13.6. The summed E-state index contributed by atoms with van der Waals surface area (Å²) in [6.45, 7) is 4.56. The molecule has 0 aliphatic rings. The van der Waals surface area contributed by atoms with Crippen LogP contribution in [0.3, 0.4) is 0 Å². The fourth-order valence-corrected chi connectivity index (χ4v) is 2.95. The van der Waals surface area contributed by atoms with Crippen LogP contribution in [-0.4, -0.2) is 15.0 Å². The number of hydrogen-bond donors (Lipinski definition) is 1. The Balaban J connectivity index is 1.76. The van der Waals surface area contributed by atoms with Gasteiger partial charge in [0.25, 0.3) is 0 Å². The van der Waals surface area contributed by atoms with Crippen LogP contribution >= 0.6 is 0 Å². The minimum absolute atomic E-state index is 0.0189. The number of carbonyl (C=O) groups is 1. The highest BCUT2D eigenvalue weighted by Gasteiger charge is 2.13. The van der Waals surface area contributed by atoms with Gasteiger partial charge in [0.2, 0.25) is 5.91 Å². The molecule has 1 N–H and O–H groups in total. The largest absolute Gasteiger partial charge is 0.350 e. The number of carbonyl (C=O) groups excluding carboxylic acids is 1. The molecule has 3 rings (SSSR count). The van der Waals surface area contributed by atoms with Crippen molar-refractivity contribution in [3.8, 4) is 0 Å². The Morgan fingerprint density at radius 2 is 1.79 bits per heavy atom. The van der Waals surface area contributed by atoms with Crippen LogP contribution in [0.15, 0.2) is 47.3 Å². The minimum atomic E-state index is -0.183. The maximum Gasteiger partial charge on any atom is 0.329 e. The highest BCUT2D eigenvalue weighted by molar-refractivity contribution is 5.80. The first-order valence-electron chi connectivity index (χ1n) is 7.94.